The molecule has 5 heteroatoms. The van der Waals surface area contributed by atoms with Crippen molar-refractivity contribution in [3.8, 4) is 17.3 Å². The molecule has 0 bridgehead atoms. The fourth-order valence-corrected chi connectivity index (χ4v) is 4.74. The second-order valence-corrected chi connectivity index (χ2v) is 7.64. The van der Waals surface area contributed by atoms with E-state index in [1.807, 2.05) is 59.7 Å². The number of aliphatic hydroxyl groups excluding tert-OH is 1. The first-order valence-electron chi connectivity index (χ1n) is 9.29. The maximum absolute atomic E-state index is 10.0. The van der Waals surface area contributed by atoms with Gasteiger partial charge < -0.3 is 10.0 Å². The van der Waals surface area contributed by atoms with E-state index in [1.54, 1.807) is 0 Å². The lowest BCUT2D eigenvalue weighted by molar-refractivity contribution is 0.187. The predicted octanol–water partition coefficient (Wildman–Crippen LogP) is 4.70. The largest absolute Gasteiger partial charge is 0.394 e. The Bertz CT molecular complexity index is 1000. The zero-order valence-corrected chi connectivity index (χ0v) is 16.4. The Balaban J connectivity index is 1.61. The van der Waals surface area contributed by atoms with Crippen LogP contribution < -0.4 is 4.90 Å². The van der Waals surface area contributed by atoms with Crippen LogP contribution in [0.4, 0.5) is 5.13 Å². The standard InChI is InChI=1S/C23H21N3OS/c1-2-6-16-9-11-18(12-10-16)22-20(13-24)26(21(22)14-27)23-25-19(15-28-23)17-7-4-3-5-8-17/h2-12,15,20-22,27H,14H2,1H3/b6-2+/t20-,21-,22+/m1/s1. The molecule has 1 N–H and O–H groups in total. The van der Waals surface area contributed by atoms with Crippen molar-refractivity contribution < 1.29 is 5.11 Å². The molecule has 1 aliphatic rings. The topological polar surface area (TPSA) is 60.2 Å². The summed E-state index contributed by atoms with van der Waals surface area (Å²) in [5.41, 5.74) is 4.16. The molecular weight excluding hydrogens is 366 g/mol. The number of nitrogens with zero attached hydrogens (tertiary/aromatic N) is 3. The molecule has 140 valence electrons. The molecule has 1 saturated heterocycles. The van der Waals surface area contributed by atoms with Crippen LogP contribution in [0.5, 0.6) is 0 Å². The highest BCUT2D eigenvalue weighted by atomic mass is 32.1. The molecule has 4 rings (SSSR count). The SMILES string of the molecule is C/C=C/c1ccc([C@H]2[C@@H](C#N)N(c3nc(-c4ccccc4)cs3)[C@@H]2CO)cc1. The van der Waals surface area contributed by atoms with E-state index in [4.69, 9.17) is 4.98 Å². The third-order valence-electron chi connectivity index (χ3n) is 5.19. The van der Waals surface area contributed by atoms with Crippen molar-refractivity contribution in [3.63, 3.8) is 0 Å². The first-order valence-corrected chi connectivity index (χ1v) is 10.2. The highest BCUT2D eigenvalue weighted by Gasteiger charge is 2.50. The maximum atomic E-state index is 10.0. The summed E-state index contributed by atoms with van der Waals surface area (Å²) in [6.45, 7) is 1.97. The quantitative estimate of drug-likeness (QED) is 0.689. The summed E-state index contributed by atoms with van der Waals surface area (Å²) < 4.78 is 0. The minimum Gasteiger partial charge on any atom is -0.394 e. The van der Waals surface area contributed by atoms with Crippen LogP contribution >= 0.6 is 11.3 Å². The first kappa shape index (κ1) is 18.4. The Morgan fingerprint density at radius 2 is 1.93 bits per heavy atom. The van der Waals surface area contributed by atoms with E-state index >= 15 is 0 Å². The Morgan fingerprint density at radius 1 is 1.18 bits per heavy atom. The molecule has 0 amide bonds. The number of hydrogen-bond donors (Lipinski definition) is 1. The molecular formula is C23H21N3OS. The normalized spacial score (nSPS) is 21.5. The van der Waals surface area contributed by atoms with Gasteiger partial charge >= 0.3 is 0 Å². The average Bonchev–Trinajstić information content (AvgIpc) is 3.19. The molecule has 3 aromatic rings. The summed E-state index contributed by atoms with van der Waals surface area (Å²) in [5, 5.41) is 22.6. The van der Waals surface area contributed by atoms with Crippen LogP contribution in [0.3, 0.4) is 0 Å². The molecule has 1 aromatic heterocycles. The van der Waals surface area contributed by atoms with Crippen LogP contribution in [-0.4, -0.2) is 28.8 Å². The summed E-state index contributed by atoms with van der Waals surface area (Å²) in [6, 6.07) is 20.2. The zero-order valence-electron chi connectivity index (χ0n) is 15.6. The minimum atomic E-state index is -0.334. The third-order valence-corrected chi connectivity index (χ3v) is 6.05. The van der Waals surface area contributed by atoms with Gasteiger partial charge in [0.05, 0.1) is 24.4 Å². The van der Waals surface area contributed by atoms with Crippen molar-refractivity contribution in [3.05, 3.63) is 77.2 Å². The summed E-state index contributed by atoms with van der Waals surface area (Å²) >= 11 is 1.52. The minimum absolute atomic E-state index is 0.0142. The molecule has 1 aliphatic heterocycles. The van der Waals surface area contributed by atoms with Crippen LogP contribution in [0.25, 0.3) is 17.3 Å². The number of aliphatic hydroxyl groups is 1. The molecule has 4 nitrogen and oxygen atoms in total. The summed E-state index contributed by atoms with van der Waals surface area (Å²) in [6.07, 6.45) is 4.05. The third kappa shape index (κ3) is 3.22. The van der Waals surface area contributed by atoms with Crippen LogP contribution in [0.2, 0.25) is 0 Å². The second kappa shape index (κ2) is 7.97. The average molecular weight is 388 g/mol. The van der Waals surface area contributed by atoms with Gasteiger partial charge in [-0.3, -0.25) is 0 Å². The van der Waals surface area contributed by atoms with Gasteiger partial charge in [-0.1, -0.05) is 66.7 Å². The molecule has 0 spiro atoms. The van der Waals surface area contributed by atoms with E-state index < -0.39 is 0 Å². The highest BCUT2D eigenvalue weighted by Crippen LogP contribution is 2.45. The van der Waals surface area contributed by atoms with Crippen molar-refractivity contribution in [2.75, 3.05) is 11.5 Å². The number of allylic oxidation sites excluding steroid dienone is 1. The second-order valence-electron chi connectivity index (χ2n) is 6.80. The molecule has 0 radical (unpaired) electrons. The molecule has 3 atom stereocenters. The summed E-state index contributed by atoms with van der Waals surface area (Å²) in [5.74, 6) is -0.0290. The monoisotopic (exact) mass is 387 g/mol. The fraction of sp³-hybridized carbons (Fsp3) is 0.217. The van der Waals surface area contributed by atoms with Gasteiger partial charge in [-0.15, -0.1) is 11.3 Å². The van der Waals surface area contributed by atoms with E-state index in [0.717, 1.165) is 27.5 Å². The van der Waals surface area contributed by atoms with Crippen molar-refractivity contribution in [2.24, 2.45) is 0 Å². The smallest absolute Gasteiger partial charge is 0.187 e. The van der Waals surface area contributed by atoms with Crippen LogP contribution in [0, 0.1) is 11.3 Å². The first-order chi connectivity index (χ1) is 13.8. The lowest BCUT2D eigenvalue weighted by Crippen LogP contribution is -2.63. The van der Waals surface area contributed by atoms with Gasteiger partial charge in [0.1, 0.15) is 6.04 Å². The molecule has 0 aliphatic carbocycles. The van der Waals surface area contributed by atoms with Crippen molar-refractivity contribution >= 4 is 22.5 Å². The maximum Gasteiger partial charge on any atom is 0.187 e. The highest BCUT2D eigenvalue weighted by molar-refractivity contribution is 7.14. The number of nitriles is 1. The predicted molar refractivity (Wildman–Crippen MR) is 114 cm³/mol. The van der Waals surface area contributed by atoms with Gasteiger partial charge in [-0.2, -0.15) is 5.26 Å². The van der Waals surface area contributed by atoms with Gasteiger partial charge in [0.15, 0.2) is 5.13 Å². The van der Waals surface area contributed by atoms with E-state index in [-0.39, 0.29) is 24.6 Å². The van der Waals surface area contributed by atoms with Crippen molar-refractivity contribution in [1.82, 2.24) is 4.98 Å². The van der Waals surface area contributed by atoms with Gasteiger partial charge in [-0.25, -0.2) is 4.98 Å². The van der Waals surface area contributed by atoms with Crippen LogP contribution in [0.1, 0.15) is 24.0 Å². The lowest BCUT2D eigenvalue weighted by atomic mass is 9.76. The van der Waals surface area contributed by atoms with Gasteiger partial charge in [0.2, 0.25) is 0 Å². The zero-order chi connectivity index (χ0) is 19.5. The van der Waals surface area contributed by atoms with Crippen LogP contribution in [-0.2, 0) is 0 Å². The molecule has 0 unspecified atom stereocenters. The molecule has 1 fully saturated rings. The Morgan fingerprint density at radius 3 is 2.57 bits per heavy atom. The Hall–Kier alpha value is -2.94. The molecule has 2 heterocycles. The lowest BCUT2D eigenvalue weighted by Gasteiger charge is -2.51. The van der Waals surface area contributed by atoms with Gasteiger partial charge in [0, 0.05) is 16.9 Å². The molecule has 28 heavy (non-hydrogen) atoms. The van der Waals surface area contributed by atoms with Crippen molar-refractivity contribution in [1.29, 1.82) is 5.26 Å². The van der Waals surface area contributed by atoms with E-state index in [0.29, 0.717) is 0 Å². The molecule has 0 saturated carbocycles. The molecule has 2 aromatic carbocycles. The van der Waals surface area contributed by atoms with Crippen molar-refractivity contribution in [2.45, 2.75) is 24.9 Å². The van der Waals surface area contributed by atoms with E-state index in [9.17, 15) is 10.4 Å². The number of rotatable bonds is 5. The van der Waals surface area contributed by atoms with Gasteiger partial charge in [0.25, 0.3) is 0 Å². The number of thiazole rings is 1. The summed E-state index contributed by atoms with van der Waals surface area (Å²) in [7, 11) is 0. The van der Waals surface area contributed by atoms with Gasteiger partial charge in [-0.05, 0) is 18.1 Å². The summed E-state index contributed by atoms with van der Waals surface area (Å²) in [4.78, 5) is 6.70. The number of anilines is 1. The Labute approximate surface area is 169 Å². The number of hydrogen-bond acceptors (Lipinski definition) is 5. The van der Waals surface area contributed by atoms with E-state index in [2.05, 4.69) is 30.3 Å². The fourth-order valence-electron chi connectivity index (χ4n) is 3.82. The van der Waals surface area contributed by atoms with E-state index in [1.165, 1.54) is 11.3 Å². The Kier molecular flexibility index (Phi) is 5.25. The number of aromatic nitrogens is 1. The number of benzene rings is 2. The van der Waals surface area contributed by atoms with Crippen LogP contribution in [0.15, 0.2) is 66.1 Å².